The molecule has 0 saturated heterocycles. The van der Waals surface area contributed by atoms with Crippen LogP contribution in [0, 0.1) is 23.2 Å². The minimum absolute atomic E-state index is 0.185. The van der Waals surface area contributed by atoms with Crippen LogP contribution in [0.4, 0.5) is 10.6 Å². The Kier molecular flexibility index (Phi) is 5.00. The smallest absolute Gasteiger partial charge is 0.410 e. The second-order valence-electron chi connectivity index (χ2n) is 10.5. The SMILES string of the molecule is O=C(OCc1ccccn1)N1CCc2c(ncnc2NCC23CC4CC(CC(C4)C2)C3)C1. The van der Waals surface area contributed by atoms with Crippen LogP contribution < -0.4 is 5.32 Å². The highest BCUT2D eigenvalue weighted by Crippen LogP contribution is 2.59. The third kappa shape index (κ3) is 3.82. The van der Waals surface area contributed by atoms with E-state index in [0.29, 0.717) is 18.5 Å². The van der Waals surface area contributed by atoms with Gasteiger partial charge in [-0.25, -0.2) is 14.8 Å². The van der Waals surface area contributed by atoms with Gasteiger partial charge in [0.2, 0.25) is 0 Å². The fraction of sp³-hybridized carbons (Fsp3) is 0.600. The molecule has 5 aliphatic rings. The second-order valence-corrected chi connectivity index (χ2v) is 10.5. The number of hydrogen-bond acceptors (Lipinski definition) is 6. The summed E-state index contributed by atoms with van der Waals surface area (Å²) < 4.78 is 5.46. The molecule has 7 nitrogen and oxygen atoms in total. The Morgan fingerprint density at radius 3 is 2.59 bits per heavy atom. The number of amides is 1. The number of fused-ring (bicyclic) bond motifs is 1. The molecule has 4 bridgehead atoms. The van der Waals surface area contributed by atoms with Crippen molar-refractivity contribution < 1.29 is 9.53 Å². The van der Waals surface area contributed by atoms with Gasteiger partial charge in [0.05, 0.1) is 17.9 Å². The predicted octanol–water partition coefficient (Wildman–Crippen LogP) is 4.19. The first-order valence-corrected chi connectivity index (χ1v) is 12.0. The van der Waals surface area contributed by atoms with E-state index in [1.807, 2.05) is 18.2 Å². The van der Waals surface area contributed by atoms with Gasteiger partial charge >= 0.3 is 6.09 Å². The van der Waals surface area contributed by atoms with Gasteiger partial charge in [0.15, 0.2) is 0 Å². The van der Waals surface area contributed by atoms with Crippen LogP contribution in [0.1, 0.15) is 55.5 Å². The van der Waals surface area contributed by atoms with Crippen LogP contribution in [0.5, 0.6) is 0 Å². The van der Waals surface area contributed by atoms with E-state index in [1.54, 1.807) is 17.4 Å². The van der Waals surface area contributed by atoms with Crippen molar-refractivity contribution in [3.8, 4) is 0 Å². The highest BCUT2D eigenvalue weighted by atomic mass is 16.6. The summed E-state index contributed by atoms with van der Waals surface area (Å²) in [4.78, 5) is 27.6. The Hall–Kier alpha value is -2.70. The van der Waals surface area contributed by atoms with Crippen LogP contribution in [-0.2, 0) is 24.3 Å². The van der Waals surface area contributed by atoms with Gasteiger partial charge < -0.3 is 15.0 Å². The molecule has 0 unspecified atom stereocenters. The van der Waals surface area contributed by atoms with E-state index in [4.69, 9.17) is 4.74 Å². The average Bonchev–Trinajstić information content (AvgIpc) is 2.80. The predicted molar refractivity (Wildman–Crippen MR) is 120 cm³/mol. The molecule has 2 aromatic rings. The van der Waals surface area contributed by atoms with Gasteiger partial charge in [0.25, 0.3) is 0 Å². The van der Waals surface area contributed by atoms with Crippen LogP contribution in [-0.4, -0.2) is 39.0 Å². The third-order valence-corrected chi connectivity index (χ3v) is 8.13. The van der Waals surface area contributed by atoms with Crippen molar-refractivity contribution in [2.24, 2.45) is 23.2 Å². The van der Waals surface area contributed by atoms with Gasteiger partial charge in [-0.05, 0) is 80.2 Å². The van der Waals surface area contributed by atoms with Gasteiger partial charge in [0, 0.05) is 24.8 Å². The Bertz CT molecular complexity index is 960. The number of nitrogens with one attached hydrogen (secondary N) is 1. The van der Waals surface area contributed by atoms with Gasteiger partial charge in [-0.2, -0.15) is 0 Å². The van der Waals surface area contributed by atoms with Crippen LogP contribution in [0.2, 0.25) is 0 Å². The number of pyridine rings is 1. The average molecular weight is 434 g/mol. The number of aromatic nitrogens is 3. The van der Waals surface area contributed by atoms with E-state index in [0.717, 1.165) is 53.5 Å². The molecule has 7 rings (SSSR count). The number of hydrogen-bond donors (Lipinski definition) is 1. The van der Waals surface area contributed by atoms with Crippen LogP contribution >= 0.6 is 0 Å². The maximum atomic E-state index is 12.6. The minimum atomic E-state index is -0.317. The van der Waals surface area contributed by atoms with Gasteiger partial charge in [0.1, 0.15) is 18.8 Å². The number of rotatable bonds is 5. The number of nitrogens with zero attached hydrogens (tertiary/aromatic N) is 4. The zero-order valence-corrected chi connectivity index (χ0v) is 18.5. The highest BCUT2D eigenvalue weighted by molar-refractivity contribution is 5.68. The first-order chi connectivity index (χ1) is 15.7. The number of anilines is 1. The number of ether oxygens (including phenoxy) is 1. The first kappa shape index (κ1) is 19.9. The second kappa shape index (κ2) is 8.01. The van der Waals surface area contributed by atoms with Crippen molar-refractivity contribution in [1.29, 1.82) is 0 Å². The minimum Gasteiger partial charge on any atom is -0.443 e. The topological polar surface area (TPSA) is 80.2 Å². The molecule has 7 heteroatoms. The molecular weight excluding hydrogens is 402 g/mol. The van der Waals surface area contributed by atoms with Crippen molar-refractivity contribution in [1.82, 2.24) is 19.9 Å². The largest absolute Gasteiger partial charge is 0.443 e. The number of carbonyl (C=O) groups is 1. The molecule has 0 radical (unpaired) electrons. The summed E-state index contributed by atoms with van der Waals surface area (Å²) >= 11 is 0. The van der Waals surface area contributed by atoms with E-state index in [-0.39, 0.29) is 12.7 Å². The third-order valence-electron chi connectivity index (χ3n) is 8.13. The lowest BCUT2D eigenvalue weighted by Crippen LogP contribution is -2.49. The molecule has 1 N–H and O–H groups in total. The molecule has 4 fully saturated rings. The van der Waals surface area contributed by atoms with Crippen molar-refractivity contribution >= 4 is 11.9 Å². The fourth-order valence-corrected chi connectivity index (χ4v) is 7.15. The van der Waals surface area contributed by atoms with Gasteiger partial charge in [-0.1, -0.05) is 6.07 Å². The Morgan fingerprint density at radius 1 is 1.09 bits per heavy atom. The molecule has 168 valence electrons. The summed E-state index contributed by atoms with van der Waals surface area (Å²) in [5.41, 5.74) is 3.29. The number of carbonyl (C=O) groups excluding carboxylic acids is 1. The molecule has 1 aliphatic heterocycles. The van der Waals surface area contributed by atoms with Crippen LogP contribution in [0.3, 0.4) is 0 Å². The zero-order chi connectivity index (χ0) is 21.5. The molecule has 4 aliphatic carbocycles. The lowest BCUT2D eigenvalue weighted by atomic mass is 9.49. The summed E-state index contributed by atoms with van der Waals surface area (Å²) in [6.45, 7) is 2.29. The van der Waals surface area contributed by atoms with Crippen LogP contribution in [0.15, 0.2) is 30.7 Å². The summed E-state index contributed by atoms with van der Waals surface area (Å²) in [6, 6.07) is 5.59. The molecule has 2 aromatic heterocycles. The van der Waals surface area contributed by atoms with Crippen molar-refractivity contribution in [3.63, 3.8) is 0 Å². The summed E-state index contributed by atoms with van der Waals surface area (Å²) in [7, 11) is 0. The normalized spacial score (nSPS) is 30.1. The van der Waals surface area contributed by atoms with E-state index < -0.39 is 0 Å². The van der Waals surface area contributed by atoms with E-state index in [1.165, 1.54) is 38.5 Å². The molecule has 0 aromatic carbocycles. The maximum absolute atomic E-state index is 12.6. The van der Waals surface area contributed by atoms with Crippen molar-refractivity contribution in [2.75, 3.05) is 18.4 Å². The molecule has 32 heavy (non-hydrogen) atoms. The van der Waals surface area contributed by atoms with Gasteiger partial charge in [-0.3, -0.25) is 4.98 Å². The molecule has 3 heterocycles. The van der Waals surface area contributed by atoms with Crippen molar-refractivity contribution in [3.05, 3.63) is 47.7 Å². The maximum Gasteiger partial charge on any atom is 0.410 e. The molecule has 0 spiro atoms. The zero-order valence-electron chi connectivity index (χ0n) is 18.5. The van der Waals surface area contributed by atoms with Crippen molar-refractivity contribution in [2.45, 2.75) is 58.1 Å². The monoisotopic (exact) mass is 433 g/mol. The standard InChI is InChI=1S/C25H31N5O2/c31-24(32-14-20-3-1-2-5-26-20)30-6-4-21-22(13-30)28-16-29-23(21)27-15-25-10-17-7-18(11-25)9-19(8-17)12-25/h1-3,5,16-19H,4,6-15H2,(H,27,28,29). The lowest BCUT2D eigenvalue weighted by Gasteiger charge is -2.57. The Balaban J connectivity index is 1.09. The van der Waals surface area contributed by atoms with E-state index in [2.05, 4.69) is 20.3 Å². The lowest BCUT2D eigenvalue weighted by molar-refractivity contribution is -0.0444. The molecular formula is C25H31N5O2. The summed E-state index contributed by atoms with van der Waals surface area (Å²) in [5.74, 6) is 3.82. The first-order valence-electron chi connectivity index (χ1n) is 12.0. The summed E-state index contributed by atoms with van der Waals surface area (Å²) in [5, 5.41) is 3.73. The van der Waals surface area contributed by atoms with Gasteiger partial charge in [-0.15, -0.1) is 0 Å². The Morgan fingerprint density at radius 2 is 1.88 bits per heavy atom. The summed E-state index contributed by atoms with van der Waals surface area (Å²) in [6.07, 6.45) is 12.3. The quantitative estimate of drug-likeness (QED) is 0.761. The Labute approximate surface area is 189 Å². The molecule has 1 amide bonds. The molecule has 0 atom stereocenters. The van der Waals surface area contributed by atoms with Crippen LogP contribution in [0.25, 0.3) is 0 Å². The highest BCUT2D eigenvalue weighted by Gasteiger charge is 2.50. The molecule has 4 saturated carbocycles. The van der Waals surface area contributed by atoms with E-state index >= 15 is 0 Å². The fourth-order valence-electron chi connectivity index (χ4n) is 7.15. The van der Waals surface area contributed by atoms with E-state index in [9.17, 15) is 4.79 Å².